The Morgan fingerprint density at radius 3 is 3.42 bits per heavy atom. The highest BCUT2D eigenvalue weighted by atomic mass is 16.5. The third-order valence-electron chi connectivity index (χ3n) is 1.97. The highest BCUT2D eigenvalue weighted by Crippen LogP contribution is 2.07. The van der Waals surface area contributed by atoms with Crippen LogP contribution in [0.5, 0.6) is 0 Å². The molecule has 66 valence electrons. The SMILES string of the molecule is c1cc(COC2CCNC2)on1. The van der Waals surface area contributed by atoms with Gasteiger partial charge in [0.1, 0.15) is 6.61 Å². The minimum Gasteiger partial charge on any atom is -0.369 e. The number of hydrogen-bond donors (Lipinski definition) is 1. The molecule has 4 nitrogen and oxygen atoms in total. The first-order valence-corrected chi connectivity index (χ1v) is 4.17. The Bertz CT molecular complexity index is 217. The summed E-state index contributed by atoms with van der Waals surface area (Å²) in [5.74, 6) is 0.793. The van der Waals surface area contributed by atoms with Gasteiger partial charge in [0, 0.05) is 12.6 Å². The molecule has 0 spiro atoms. The van der Waals surface area contributed by atoms with Crippen molar-refractivity contribution < 1.29 is 9.26 Å². The molecule has 4 heteroatoms. The number of ether oxygens (including phenoxy) is 1. The minimum absolute atomic E-state index is 0.343. The molecule has 1 fully saturated rings. The molecule has 1 atom stereocenters. The molecule has 0 radical (unpaired) electrons. The molecule has 1 aliphatic rings. The zero-order valence-corrected chi connectivity index (χ0v) is 6.82. The predicted molar refractivity (Wildman–Crippen MR) is 42.6 cm³/mol. The normalized spacial score (nSPS) is 23.2. The second-order valence-electron chi connectivity index (χ2n) is 2.90. The zero-order valence-electron chi connectivity index (χ0n) is 6.82. The van der Waals surface area contributed by atoms with E-state index in [4.69, 9.17) is 9.26 Å². The lowest BCUT2D eigenvalue weighted by atomic mass is 10.3. The van der Waals surface area contributed by atoms with E-state index in [1.807, 2.05) is 6.07 Å². The van der Waals surface area contributed by atoms with Gasteiger partial charge >= 0.3 is 0 Å². The summed E-state index contributed by atoms with van der Waals surface area (Å²) in [4.78, 5) is 0. The summed E-state index contributed by atoms with van der Waals surface area (Å²) in [5.41, 5.74) is 0. The van der Waals surface area contributed by atoms with Crippen molar-refractivity contribution in [3.8, 4) is 0 Å². The number of aromatic nitrogens is 1. The van der Waals surface area contributed by atoms with Crippen molar-refractivity contribution in [3.63, 3.8) is 0 Å². The standard InChI is InChI=1S/C8H12N2O2/c1-3-9-5-7(1)11-6-8-2-4-10-12-8/h2,4,7,9H,1,3,5-6H2. The van der Waals surface area contributed by atoms with E-state index in [0.717, 1.165) is 25.3 Å². The Labute approximate surface area is 70.9 Å². The lowest BCUT2D eigenvalue weighted by molar-refractivity contribution is 0.0409. The van der Waals surface area contributed by atoms with Crippen LogP contribution in [-0.2, 0) is 11.3 Å². The fourth-order valence-corrected chi connectivity index (χ4v) is 1.29. The molecule has 1 N–H and O–H groups in total. The van der Waals surface area contributed by atoms with Crippen LogP contribution in [0.2, 0.25) is 0 Å². The Morgan fingerprint density at radius 1 is 1.75 bits per heavy atom. The minimum atomic E-state index is 0.343. The molecule has 0 bridgehead atoms. The third kappa shape index (κ3) is 1.84. The van der Waals surface area contributed by atoms with Gasteiger partial charge in [0.15, 0.2) is 5.76 Å². The molecule has 2 rings (SSSR count). The lowest BCUT2D eigenvalue weighted by Crippen LogP contribution is -2.16. The first kappa shape index (κ1) is 7.76. The molecule has 1 aromatic rings. The van der Waals surface area contributed by atoms with Crippen LogP contribution in [0.25, 0.3) is 0 Å². The van der Waals surface area contributed by atoms with E-state index in [-0.39, 0.29) is 0 Å². The quantitative estimate of drug-likeness (QED) is 0.716. The van der Waals surface area contributed by atoms with Crippen LogP contribution in [0, 0.1) is 0 Å². The van der Waals surface area contributed by atoms with Gasteiger partial charge in [0.05, 0.1) is 12.3 Å². The van der Waals surface area contributed by atoms with E-state index in [9.17, 15) is 0 Å². The molecule has 1 saturated heterocycles. The van der Waals surface area contributed by atoms with Gasteiger partial charge in [-0.1, -0.05) is 5.16 Å². The van der Waals surface area contributed by atoms with E-state index in [0.29, 0.717) is 12.7 Å². The highest BCUT2D eigenvalue weighted by Gasteiger charge is 2.14. The smallest absolute Gasteiger partial charge is 0.162 e. The van der Waals surface area contributed by atoms with Gasteiger partial charge < -0.3 is 14.6 Å². The molecule has 0 aromatic carbocycles. The van der Waals surface area contributed by atoms with Gasteiger partial charge in [-0.3, -0.25) is 0 Å². The molecule has 1 aliphatic heterocycles. The molecular formula is C8H12N2O2. The zero-order chi connectivity index (χ0) is 8.23. The van der Waals surface area contributed by atoms with E-state index in [1.54, 1.807) is 6.20 Å². The molecule has 0 amide bonds. The molecular weight excluding hydrogens is 156 g/mol. The van der Waals surface area contributed by atoms with Crippen molar-refractivity contribution in [2.75, 3.05) is 13.1 Å². The monoisotopic (exact) mass is 168 g/mol. The van der Waals surface area contributed by atoms with Crippen molar-refractivity contribution in [3.05, 3.63) is 18.0 Å². The number of rotatable bonds is 3. The summed E-state index contributed by atoms with van der Waals surface area (Å²) in [5, 5.41) is 6.83. The molecule has 0 aliphatic carbocycles. The van der Waals surface area contributed by atoms with E-state index >= 15 is 0 Å². The van der Waals surface area contributed by atoms with Gasteiger partial charge in [0.2, 0.25) is 0 Å². The topological polar surface area (TPSA) is 47.3 Å². The summed E-state index contributed by atoms with van der Waals surface area (Å²) >= 11 is 0. The molecule has 0 saturated carbocycles. The van der Waals surface area contributed by atoms with Crippen molar-refractivity contribution in [1.82, 2.24) is 10.5 Å². The average Bonchev–Trinajstić information content (AvgIpc) is 2.74. The van der Waals surface area contributed by atoms with Crippen LogP contribution in [0.1, 0.15) is 12.2 Å². The lowest BCUT2D eigenvalue weighted by Gasteiger charge is -2.07. The maximum atomic E-state index is 5.55. The highest BCUT2D eigenvalue weighted by molar-refractivity contribution is 4.90. The van der Waals surface area contributed by atoms with Crippen molar-refractivity contribution in [2.24, 2.45) is 0 Å². The summed E-state index contributed by atoms with van der Waals surface area (Å²) in [6.07, 6.45) is 3.06. The Balaban J connectivity index is 1.74. The van der Waals surface area contributed by atoms with Crippen LogP contribution in [0.15, 0.2) is 16.8 Å². The number of nitrogens with zero attached hydrogens (tertiary/aromatic N) is 1. The van der Waals surface area contributed by atoms with Crippen LogP contribution in [-0.4, -0.2) is 24.4 Å². The first-order chi connectivity index (χ1) is 5.95. The molecule has 1 unspecified atom stereocenters. The van der Waals surface area contributed by atoms with Crippen LogP contribution in [0.4, 0.5) is 0 Å². The van der Waals surface area contributed by atoms with Crippen molar-refractivity contribution >= 4 is 0 Å². The molecule has 12 heavy (non-hydrogen) atoms. The van der Waals surface area contributed by atoms with Gasteiger partial charge in [-0.05, 0) is 13.0 Å². The summed E-state index contributed by atoms with van der Waals surface area (Å²) in [6.45, 7) is 2.54. The van der Waals surface area contributed by atoms with Gasteiger partial charge in [0.25, 0.3) is 0 Å². The average molecular weight is 168 g/mol. The summed E-state index contributed by atoms with van der Waals surface area (Å²) in [7, 11) is 0. The summed E-state index contributed by atoms with van der Waals surface area (Å²) < 4.78 is 10.4. The Kier molecular flexibility index (Phi) is 2.39. The van der Waals surface area contributed by atoms with Gasteiger partial charge in [-0.25, -0.2) is 0 Å². The summed E-state index contributed by atoms with van der Waals surface area (Å²) in [6, 6.07) is 1.82. The molecule has 2 heterocycles. The molecule has 1 aromatic heterocycles. The van der Waals surface area contributed by atoms with Crippen LogP contribution >= 0.6 is 0 Å². The Morgan fingerprint density at radius 2 is 2.75 bits per heavy atom. The maximum Gasteiger partial charge on any atom is 0.162 e. The maximum absolute atomic E-state index is 5.55. The van der Waals surface area contributed by atoms with Crippen LogP contribution in [0.3, 0.4) is 0 Å². The van der Waals surface area contributed by atoms with Gasteiger partial charge in [-0.2, -0.15) is 0 Å². The largest absolute Gasteiger partial charge is 0.369 e. The van der Waals surface area contributed by atoms with Crippen molar-refractivity contribution in [2.45, 2.75) is 19.1 Å². The second kappa shape index (κ2) is 3.69. The van der Waals surface area contributed by atoms with Gasteiger partial charge in [-0.15, -0.1) is 0 Å². The van der Waals surface area contributed by atoms with E-state index in [2.05, 4.69) is 10.5 Å². The first-order valence-electron chi connectivity index (χ1n) is 4.17. The fraction of sp³-hybridized carbons (Fsp3) is 0.625. The number of nitrogens with one attached hydrogen (secondary N) is 1. The number of hydrogen-bond acceptors (Lipinski definition) is 4. The predicted octanol–water partition coefficient (Wildman–Crippen LogP) is 0.553. The van der Waals surface area contributed by atoms with E-state index in [1.165, 1.54) is 0 Å². The van der Waals surface area contributed by atoms with E-state index < -0.39 is 0 Å². The van der Waals surface area contributed by atoms with Crippen LogP contribution < -0.4 is 5.32 Å². The van der Waals surface area contributed by atoms with Crippen molar-refractivity contribution in [1.29, 1.82) is 0 Å². The third-order valence-corrected chi connectivity index (χ3v) is 1.97. The Hall–Kier alpha value is -0.870. The fourth-order valence-electron chi connectivity index (χ4n) is 1.29. The second-order valence-corrected chi connectivity index (χ2v) is 2.90.